The minimum Gasteiger partial charge on any atom is -0.475 e. The number of nitrogens with zero attached hydrogens (tertiary/aromatic N) is 1. The Morgan fingerprint density at radius 2 is 1.75 bits per heavy atom. The lowest BCUT2D eigenvalue weighted by molar-refractivity contribution is -0.192. The molecule has 3 fully saturated rings. The summed E-state index contributed by atoms with van der Waals surface area (Å²) < 4.78 is 44.9. The predicted molar refractivity (Wildman–Crippen MR) is 66.4 cm³/mol. The molecule has 1 saturated heterocycles. The molecule has 1 aliphatic heterocycles. The fraction of sp³-hybridized carbons (Fsp3) is 0.909. The molecule has 0 aromatic carbocycles. The maximum absolute atomic E-state index is 10.9. The van der Waals surface area contributed by atoms with Gasteiger partial charge in [0.1, 0.15) is 0 Å². The minimum absolute atomic E-state index is 0.259. The Labute approximate surface area is 118 Å². The molecule has 0 radical (unpaired) electrons. The van der Waals surface area contributed by atoms with E-state index in [-0.39, 0.29) is 11.9 Å². The highest BCUT2D eigenvalue weighted by molar-refractivity contribution is 7.63. The molecule has 0 aromatic heterocycles. The van der Waals surface area contributed by atoms with Crippen LogP contribution < -0.4 is 5.32 Å². The van der Waals surface area contributed by atoms with Gasteiger partial charge in [-0.1, -0.05) is 0 Å². The third kappa shape index (κ3) is 3.50. The van der Waals surface area contributed by atoms with Crippen LogP contribution in [0.3, 0.4) is 0 Å². The van der Waals surface area contributed by atoms with E-state index in [1.165, 1.54) is 38.8 Å². The Hall–Kier alpha value is -0.670. The molecule has 3 rings (SSSR count). The number of hydrogen-bond donors (Lipinski definition) is 3. The van der Waals surface area contributed by atoms with Gasteiger partial charge in [0.15, 0.2) is 0 Å². The first kappa shape index (κ1) is 15.7. The van der Waals surface area contributed by atoms with Crippen LogP contribution in [0.1, 0.15) is 25.7 Å². The van der Waals surface area contributed by atoms with Gasteiger partial charge in [0, 0.05) is 25.2 Å². The predicted octanol–water partition coefficient (Wildman–Crippen LogP) is 0.696. The molecule has 0 unspecified atom stereocenters. The molecule has 5 nitrogen and oxygen atoms in total. The smallest absolute Gasteiger partial charge is 0.475 e. The van der Waals surface area contributed by atoms with Crippen molar-refractivity contribution in [2.45, 2.75) is 43.9 Å². The standard InChI is InChI=1S/C9H16N2OS.C2HF3O2/c12-13-11(7-1-2-7)8-3-9(4-8)5-10-6-9;3-2(4,5)1(6)7/h7-8,10,13H,1-6H2;(H,6,7). The number of thiol groups is 1. The zero-order chi connectivity index (χ0) is 15.0. The minimum atomic E-state index is -5.08. The fourth-order valence-electron chi connectivity index (χ4n) is 2.66. The van der Waals surface area contributed by atoms with Crippen molar-refractivity contribution in [2.24, 2.45) is 5.41 Å². The van der Waals surface area contributed by atoms with E-state index in [0.29, 0.717) is 17.5 Å². The largest absolute Gasteiger partial charge is 0.490 e. The van der Waals surface area contributed by atoms with Crippen molar-refractivity contribution >= 4 is 17.8 Å². The monoisotopic (exact) mass is 314 g/mol. The Kier molecular flexibility index (Phi) is 4.41. The first-order valence-electron chi connectivity index (χ1n) is 6.40. The van der Waals surface area contributed by atoms with Crippen LogP contribution in [0.25, 0.3) is 0 Å². The number of carbonyl (C=O) groups is 1. The Bertz CT molecular complexity index is 389. The number of hydrogen-bond acceptors (Lipinski definition) is 3. The van der Waals surface area contributed by atoms with Gasteiger partial charge in [-0.05, 0) is 31.1 Å². The van der Waals surface area contributed by atoms with Crippen molar-refractivity contribution in [3.63, 3.8) is 0 Å². The molecule has 0 atom stereocenters. The molecule has 116 valence electrons. The van der Waals surface area contributed by atoms with Crippen LogP contribution in [-0.2, 0) is 16.6 Å². The summed E-state index contributed by atoms with van der Waals surface area (Å²) in [5.74, 6) is -2.76. The van der Waals surface area contributed by atoms with E-state index in [1.807, 2.05) is 0 Å². The molecule has 2 N–H and O–H groups in total. The molecule has 20 heavy (non-hydrogen) atoms. The van der Waals surface area contributed by atoms with E-state index in [1.54, 1.807) is 0 Å². The number of alkyl halides is 3. The Morgan fingerprint density at radius 3 is 2.00 bits per heavy atom. The first-order valence-corrected chi connectivity index (χ1v) is 7.16. The van der Waals surface area contributed by atoms with Gasteiger partial charge < -0.3 is 10.4 Å². The van der Waals surface area contributed by atoms with E-state index < -0.39 is 12.1 Å². The maximum Gasteiger partial charge on any atom is 0.490 e. The molecular formula is C11H17F3N2O3S. The van der Waals surface area contributed by atoms with Crippen molar-refractivity contribution < 1.29 is 27.3 Å². The van der Waals surface area contributed by atoms with Crippen molar-refractivity contribution in [1.82, 2.24) is 9.62 Å². The second-order valence-electron chi connectivity index (χ2n) is 5.66. The van der Waals surface area contributed by atoms with Crippen LogP contribution >= 0.6 is 0 Å². The van der Waals surface area contributed by atoms with Gasteiger partial charge in [-0.2, -0.15) is 13.2 Å². The molecule has 3 aliphatic rings. The molecular weight excluding hydrogens is 297 g/mol. The molecule has 0 aromatic rings. The highest BCUT2D eigenvalue weighted by Gasteiger charge is 2.52. The highest BCUT2D eigenvalue weighted by atomic mass is 32.2. The van der Waals surface area contributed by atoms with Gasteiger partial charge in [0.25, 0.3) is 0 Å². The molecule has 2 saturated carbocycles. The zero-order valence-electron chi connectivity index (χ0n) is 10.7. The summed E-state index contributed by atoms with van der Waals surface area (Å²) in [6.45, 7) is 2.38. The topological polar surface area (TPSA) is 69.6 Å². The maximum atomic E-state index is 10.9. The van der Waals surface area contributed by atoms with E-state index in [0.717, 1.165) is 0 Å². The van der Waals surface area contributed by atoms with Crippen molar-refractivity contribution in [2.75, 3.05) is 13.1 Å². The third-order valence-electron chi connectivity index (χ3n) is 3.97. The lowest BCUT2D eigenvalue weighted by atomic mass is 9.61. The van der Waals surface area contributed by atoms with E-state index in [4.69, 9.17) is 9.90 Å². The molecule has 0 amide bonds. The summed E-state index contributed by atoms with van der Waals surface area (Å²) in [6.07, 6.45) is -0.0224. The first-order chi connectivity index (χ1) is 9.27. The summed E-state index contributed by atoms with van der Waals surface area (Å²) in [6, 6.07) is 1.27. The average molecular weight is 314 g/mol. The molecule has 1 heterocycles. The Morgan fingerprint density at radius 1 is 1.25 bits per heavy atom. The van der Waals surface area contributed by atoms with Gasteiger partial charge in [-0.15, -0.1) is 0 Å². The van der Waals surface area contributed by atoms with Crippen LogP contribution in [0.15, 0.2) is 0 Å². The van der Waals surface area contributed by atoms with Crippen LogP contribution in [0, 0.1) is 5.41 Å². The second kappa shape index (κ2) is 5.61. The van der Waals surface area contributed by atoms with E-state index >= 15 is 0 Å². The summed E-state index contributed by atoms with van der Waals surface area (Å²) >= 11 is 0.259. The zero-order valence-corrected chi connectivity index (χ0v) is 11.6. The van der Waals surface area contributed by atoms with Crippen LogP contribution in [0.5, 0.6) is 0 Å². The summed E-state index contributed by atoms with van der Waals surface area (Å²) in [5, 5.41) is 10.5. The third-order valence-corrected chi connectivity index (χ3v) is 4.81. The molecule has 9 heteroatoms. The van der Waals surface area contributed by atoms with Gasteiger partial charge in [-0.3, -0.25) is 0 Å². The second-order valence-corrected chi connectivity index (χ2v) is 6.29. The van der Waals surface area contributed by atoms with Crippen molar-refractivity contribution in [3.8, 4) is 0 Å². The number of carboxylic acid groups (broad SMARTS) is 1. The van der Waals surface area contributed by atoms with Crippen molar-refractivity contribution in [1.29, 1.82) is 0 Å². The summed E-state index contributed by atoms with van der Waals surface area (Å²) in [7, 11) is 0. The van der Waals surface area contributed by atoms with Crippen LogP contribution in [0.4, 0.5) is 13.2 Å². The lowest BCUT2D eigenvalue weighted by Crippen LogP contribution is -2.64. The van der Waals surface area contributed by atoms with Crippen LogP contribution in [-0.4, -0.2) is 50.9 Å². The Balaban J connectivity index is 0.000000182. The summed E-state index contributed by atoms with van der Waals surface area (Å²) in [5.41, 5.74) is 0.614. The number of halogens is 3. The van der Waals surface area contributed by atoms with E-state index in [9.17, 15) is 17.4 Å². The quantitative estimate of drug-likeness (QED) is 0.671. The molecule has 2 aliphatic carbocycles. The number of rotatable bonds is 3. The van der Waals surface area contributed by atoms with Gasteiger partial charge in [-0.25, -0.2) is 13.3 Å². The van der Waals surface area contributed by atoms with Crippen molar-refractivity contribution in [3.05, 3.63) is 0 Å². The number of nitrogens with one attached hydrogen (secondary N) is 1. The highest BCUT2D eigenvalue weighted by Crippen LogP contribution is 2.48. The van der Waals surface area contributed by atoms with E-state index in [2.05, 4.69) is 9.62 Å². The van der Waals surface area contributed by atoms with Gasteiger partial charge in [0.05, 0.1) is 11.9 Å². The molecule has 1 spiro atoms. The average Bonchev–Trinajstić information content (AvgIpc) is 3.03. The van der Waals surface area contributed by atoms with Crippen LogP contribution in [0.2, 0.25) is 0 Å². The summed E-state index contributed by atoms with van der Waals surface area (Å²) in [4.78, 5) is 8.90. The SMILES string of the molecule is O=C(O)C(F)(F)F.O=[SH]N(C1CC1)C1CC2(CNC2)C1. The lowest BCUT2D eigenvalue weighted by Gasteiger charge is -2.56. The number of carboxylic acids is 1. The van der Waals surface area contributed by atoms with Gasteiger partial charge in [0.2, 0.25) is 0 Å². The normalized spacial score (nSPS) is 24.6. The number of aliphatic carboxylic acids is 1. The fourth-order valence-corrected chi connectivity index (χ4v) is 3.33. The van der Waals surface area contributed by atoms with Gasteiger partial charge >= 0.3 is 12.1 Å². The molecule has 0 bridgehead atoms.